The number of Topliss-reactive ketones (excluding diaryl/α,β-unsaturated/α-hetero) is 1. The number of rotatable bonds is 2. The average Bonchev–Trinajstić information content (AvgIpc) is 2.70. The van der Waals surface area contributed by atoms with Gasteiger partial charge in [-0.15, -0.1) is 0 Å². The highest BCUT2D eigenvalue weighted by atomic mass is 35.5. The molecule has 1 fully saturated rings. The maximum Gasteiger partial charge on any atom is 0.246 e. The molecule has 0 bridgehead atoms. The van der Waals surface area contributed by atoms with E-state index in [0.29, 0.717) is 58.7 Å². The Labute approximate surface area is 184 Å². The molecule has 0 saturated carbocycles. The van der Waals surface area contributed by atoms with Gasteiger partial charge in [0.15, 0.2) is 5.78 Å². The number of halogens is 3. The zero-order valence-corrected chi connectivity index (χ0v) is 17.7. The summed E-state index contributed by atoms with van der Waals surface area (Å²) in [4.78, 5) is 26.9. The number of ether oxygens (including phenoxy) is 1. The number of likely N-dealkylation sites (tertiary alicyclic amines) is 1. The van der Waals surface area contributed by atoms with E-state index in [0.717, 1.165) is 5.56 Å². The van der Waals surface area contributed by atoms with Crippen molar-refractivity contribution < 1.29 is 14.3 Å². The Hall–Kier alpha value is -2.01. The fourth-order valence-electron chi connectivity index (χ4n) is 3.77. The molecule has 4 rings (SSSR count). The topological polar surface area (TPSA) is 46.6 Å². The van der Waals surface area contributed by atoms with Crippen molar-refractivity contribution in [1.29, 1.82) is 0 Å². The van der Waals surface area contributed by atoms with E-state index in [1.807, 2.05) is 0 Å². The van der Waals surface area contributed by atoms with Crippen LogP contribution in [0.15, 0.2) is 42.5 Å². The first-order chi connectivity index (χ1) is 13.8. The molecule has 4 nitrogen and oxygen atoms in total. The summed E-state index contributed by atoms with van der Waals surface area (Å²) in [5.41, 5.74) is 0.783. The van der Waals surface area contributed by atoms with Crippen molar-refractivity contribution in [2.24, 2.45) is 0 Å². The van der Waals surface area contributed by atoms with Crippen LogP contribution in [0.3, 0.4) is 0 Å². The van der Waals surface area contributed by atoms with Crippen LogP contribution in [0.1, 0.15) is 35.2 Å². The van der Waals surface area contributed by atoms with E-state index >= 15 is 0 Å². The summed E-state index contributed by atoms with van der Waals surface area (Å²) in [6.45, 7) is 1.06. The summed E-state index contributed by atoms with van der Waals surface area (Å²) in [7, 11) is 0. The number of hydrogen-bond donors (Lipinski definition) is 0. The number of benzene rings is 2. The Morgan fingerprint density at radius 1 is 1.03 bits per heavy atom. The van der Waals surface area contributed by atoms with Gasteiger partial charge in [0.2, 0.25) is 5.91 Å². The maximum atomic E-state index is 12.6. The molecule has 2 aliphatic heterocycles. The van der Waals surface area contributed by atoms with E-state index in [9.17, 15) is 9.59 Å². The highest BCUT2D eigenvalue weighted by Gasteiger charge is 2.43. The quantitative estimate of drug-likeness (QED) is 0.552. The fourth-order valence-corrected chi connectivity index (χ4v) is 4.25. The van der Waals surface area contributed by atoms with Crippen LogP contribution in [-0.2, 0) is 4.79 Å². The first-order valence-electron chi connectivity index (χ1n) is 9.29. The summed E-state index contributed by atoms with van der Waals surface area (Å²) in [6.07, 6.45) is 4.76. The third-order valence-electron chi connectivity index (χ3n) is 5.40. The molecule has 0 aromatic heterocycles. The van der Waals surface area contributed by atoms with Gasteiger partial charge in [0.25, 0.3) is 0 Å². The first kappa shape index (κ1) is 20.3. The second-order valence-electron chi connectivity index (χ2n) is 7.36. The lowest BCUT2D eigenvalue weighted by Gasteiger charge is -2.43. The Balaban J connectivity index is 1.41. The van der Waals surface area contributed by atoms with Crippen molar-refractivity contribution in [2.45, 2.75) is 24.9 Å². The summed E-state index contributed by atoms with van der Waals surface area (Å²) in [5.74, 6) is 0.526. The van der Waals surface area contributed by atoms with E-state index in [1.165, 1.54) is 6.08 Å². The molecule has 0 unspecified atom stereocenters. The smallest absolute Gasteiger partial charge is 0.246 e. The molecule has 2 aromatic carbocycles. The SMILES string of the molecule is O=C1CC2(CCN(C(=O)/C=C/c3ccc(Cl)c(Cl)c3)CC2)Oc2ccc(Cl)cc21. The second-order valence-corrected chi connectivity index (χ2v) is 8.61. The van der Waals surface area contributed by atoms with Gasteiger partial charge in [0.1, 0.15) is 11.4 Å². The number of amides is 1. The highest BCUT2D eigenvalue weighted by molar-refractivity contribution is 6.42. The maximum absolute atomic E-state index is 12.6. The molecule has 150 valence electrons. The lowest BCUT2D eigenvalue weighted by atomic mass is 9.82. The molecule has 2 aromatic rings. The van der Waals surface area contributed by atoms with Crippen molar-refractivity contribution in [3.63, 3.8) is 0 Å². The lowest BCUT2D eigenvalue weighted by Crippen LogP contribution is -2.52. The van der Waals surface area contributed by atoms with Crippen molar-refractivity contribution in [3.8, 4) is 5.75 Å². The Kier molecular flexibility index (Phi) is 5.60. The average molecular weight is 451 g/mol. The van der Waals surface area contributed by atoms with E-state index in [1.54, 1.807) is 47.4 Å². The largest absolute Gasteiger partial charge is 0.486 e. The Morgan fingerprint density at radius 2 is 1.79 bits per heavy atom. The van der Waals surface area contributed by atoms with Crippen molar-refractivity contribution in [2.75, 3.05) is 13.1 Å². The second kappa shape index (κ2) is 8.02. The number of piperidine rings is 1. The van der Waals surface area contributed by atoms with Crippen LogP contribution in [0.25, 0.3) is 6.08 Å². The van der Waals surface area contributed by atoms with Crippen molar-refractivity contribution >= 4 is 52.6 Å². The highest BCUT2D eigenvalue weighted by Crippen LogP contribution is 2.40. The third-order valence-corrected chi connectivity index (χ3v) is 6.37. The van der Waals surface area contributed by atoms with Crippen LogP contribution in [-0.4, -0.2) is 35.3 Å². The molecule has 1 saturated heterocycles. The van der Waals surface area contributed by atoms with Gasteiger partial charge in [0.05, 0.1) is 22.0 Å². The van der Waals surface area contributed by atoms with Gasteiger partial charge in [-0.1, -0.05) is 40.9 Å². The lowest BCUT2D eigenvalue weighted by molar-refractivity contribution is -0.129. The molecule has 1 amide bonds. The minimum Gasteiger partial charge on any atom is -0.486 e. The third kappa shape index (κ3) is 4.30. The van der Waals surface area contributed by atoms with Crippen LogP contribution in [0, 0.1) is 0 Å². The normalized spacial score (nSPS) is 18.0. The van der Waals surface area contributed by atoms with Crippen LogP contribution >= 0.6 is 34.8 Å². The zero-order valence-electron chi connectivity index (χ0n) is 15.5. The number of ketones is 1. The van der Waals surface area contributed by atoms with Gasteiger partial charge in [-0.25, -0.2) is 0 Å². The molecule has 29 heavy (non-hydrogen) atoms. The summed E-state index contributed by atoms with van der Waals surface area (Å²) >= 11 is 17.9. The minimum atomic E-state index is -0.553. The molecular formula is C22H18Cl3NO3. The minimum absolute atomic E-state index is 0.0352. The van der Waals surface area contributed by atoms with Gasteiger partial charge in [-0.2, -0.15) is 0 Å². The zero-order chi connectivity index (χ0) is 20.6. The molecule has 0 aliphatic carbocycles. The fraction of sp³-hybridized carbons (Fsp3) is 0.273. The van der Waals surface area contributed by atoms with Crippen LogP contribution in [0.4, 0.5) is 0 Å². The summed E-state index contributed by atoms with van der Waals surface area (Å²) < 4.78 is 6.20. The standard InChI is InChI=1S/C22H18Cl3NO3/c23-15-3-5-20-16(12-15)19(27)13-22(29-20)7-9-26(10-8-22)21(28)6-2-14-1-4-17(24)18(25)11-14/h1-6,11-12H,7-10,13H2/b6-2+. The van der Waals surface area contributed by atoms with E-state index in [4.69, 9.17) is 39.5 Å². The monoisotopic (exact) mass is 449 g/mol. The predicted octanol–water partition coefficient (Wildman–Crippen LogP) is 5.69. The van der Waals surface area contributed by atoms with Crippen molar-refractivity contribution in [3.05, 3.63) is 68.7 Å². The molecule has 2 heterocycles. The van der Waals surface area contributed by atoms with Crippen LogP contribution in [0.2, 0.25) is 15.1 Å². The van der Waals surface area contributed by atoms with Gasteiger partial charge in [0, 0.05) is 37.0 Å². The summed E-state index contributed by atoms with van der Waals surface area (Å²) in [5, 5.41) is 1.44. The van der Waals surface area contributed by atoms with E-state index in [-0.39, 0.29) is 11.7 Å². The Bertz CT molecular complexity index is 1010. The van der Waals surface area contributed by atoms with Gasteiger partial charge < -0.3 is 9.64 Å². The van der Waals surface area contributed by atoms with E-state index < -0.39 is 5.60 Å². The molecule has 7 heteroatoms. The van der Waals surface area contributed by atoms with Gasteiger partial charge in [-0.3, -0.25) is 9.59 Å². The van der Waals surface area contributed by atoms with Crippen LogP contribution < -0.4 is 4.74 Å². The van der Waals surface area contributed by atoms with Crippen molar-refractivity contribution in [1.82, 2.24) is 4.90 Å². The molecule has 0 atom stereocenters. The first-order valence-corrected chi connectivity index (χ1v) is 10.4. The molecule has 0 radical (unpaired) electrons. The summed E-state index contributed by atoms with van der Waals surface area (Å²) in [6, 6.07) is 10.3. The van der Waals surface area contributed by atoms with Gasteiger partial charge >= 0.3 is 0 Å². The molecule has 2 aliphatic rings. The number of carbonyl (C=O) groups excluding carboxylic acids is 2. The van der Waals surface area contributed by atoms with E-state index in [2.05, 4.69) is 0 Å². The van der Waals surface area contributed by atoms with Gasteiger partial charge in [-0.05, 0) is 42.0 Å². The molecular weight excluding hydrogens is 433 g/mol. The number of hydrogen-bond acceptors (Lipinski definition) is 3. The number of nitrogens with zero attached hydrogens (tertiary/aromatic N) is 1. The van der Waals surface area contributed by atoms with Crippen LogP contribution in [0.5, 0.6) is 5.75 Å². The molecule has 1 spiro atoms. The molecule has 0 N–H and O–H groups in total. The Morgan fingerprint density at radius 3 is 2.52 bits per heavy atom. The number of fused-ring (bicyclic) bond motifs is 1. The predicted molar refractivity (Wildman–Crippen MR) is 115 cm³/mol. The number of carbonyl (C=O) groups is 2.